The zero-order valence-corrected chi connectivity index (χ0v) is 10.4. The van der Waals surface area contributed by atoms with Gasteiger partial charge in [0.1, 0.15) is 0 Å². The number of halogens is 1. The molecule has 0 heterocycles. The number of hydrogen-bond donors (Lipinski definition) is 3. The predicted molar refractivity (Wildman–Crippen MR) is 66.4 cm³/mol. The number of aliphatic imine (C=N–C) groups is 1. The monoisotopic (exact) mass is 270 g/mol. The second-order valence-electron chi connectivity index (χ2n) is 3.13. The lowest BCUT2D eigenvalue weighted by atomic mass is 10.1. The molecular weight excluding hydrogens is 256 g/mol. The quantitative estimate of drug-likeness (QED) is 0.331. The van der Waals surface area contributed by atoms with Crippen LogP contribution >= 0.6 is 15.9 Å². The predicted octanol–water partition coefficient (Wildman–Crippen LogP) is 1.55. The van der Waals surface area contributed by atoms with Gasteiger partial charge in [0.15, 0.2) is 0 Å². The van der Waals surface area contributed by atoms with Gasteiger partial charge in [0, 0.05) is 11.5 Å². The van der Waals surface area contributed by atoms with Crippen LogP contribution in [0.2, 0.25) is 0 Å². The van der Waals surface area contributed by atoms with Crippen LogP contribution in [-0.4, -0.2) is 13.0 Å². The highest BCUT2D eigenvalue weighted by Crippen LogP contribution is 2.16. The van der Waals surface area contributed by atoms with E-state index in [9.17, 15) is 0 Å². The van der Waals surface area contributed by atoms with Gasteiger partial charge >= 0.3 is 0 Å². The number of hydrogen-bond acceptors (Lipinski definition) is 2. The summed E-state index contributed by atoms with van der Waals surface area (Å²) in [4.78, 5) is 3.95. The van der Waals surface area contributed by atoms with Gasteiger partial charge < -0.3 is 5.32 Å². The lowest BCUT2D eigenvalue weighted by molar-refractivity contribution is 0.692. The van der Waals surface area contributed by atoms with Crippen LogP contribution in [0.4, 0.5) is 0 Å². The van der Waals surface area contributed by atoms with Crippen molar-refractivity contribution in [3.63, 3.8) is 0 Å². The Morgan fingerprint density at radius 2 is 2.00 bits per heavy atom. The molecule has 4 nitrogen and oxygen atoms in total. The van der Waals surface area contributed by atoms with E-state index in [1.165, 1.54) is 5.56 Å². The molecule has 1 unspecified atom stereocenters. The maximum absolute atomic E-state index is 5.28. The molecule has 15 heavy (non-hydrogen) atoms. The van der Waals surface area contributed by atoms with Crippen molar-refractivity contribution >= 4 is 21.9 Å². The summed E-state index contributed by atoms with van der Waals surface area (Å²) in [6, 6.07) is 8.27. The Morgan fingerprint density at radius 1 is 1.40 bits per heavy atom. The first kappa shape index (κ1) is 12.0. The Bertz CT molecular complexity index is 334. The third-order valence-corrected chi connectivity index (χ3v) is 2.61. The third kappa shape index (κ3) is 3.53. The minimum atomic E-state index is 0.160. The Kier molecular flexibility index (Phi) is 4.58. The van der Waals surface area contributed by atoms with Gasteiger partial charge in [-0.05, 0) is 24.6 Å². The van der Waals surface area contributed by atoms with Crippen molar-refractivity contribution in [2.75, 3.05) is 7.05 Å². The van der Waals surface area contributed by atoms with Crippen LogP contribution in [0.3, 0.4) is 0 Å². The average molecular weight is 271 g/mol. The average Bonchev–Trinajstić information content (AvgIpc) is 2.26. The Balaban J connectivity index is 2.68. The Hall–Kier alpha value is -1.07. The molecule has 0 saturated heterocycles. The number of hydrazine groups is 1. The van der Waals surface area contributed by atoms with E-state index in [4.69, 9.17) is 5.84 Å². The molecule has 0 amide bonds. The van der Waals surface area contributed by atoms with Crippen LogP contribution in [0.5, 0.6) is 0 Å². The number of nitrogens with two attached hydrogens (primary N) is 1. The van der Waals surface area contributed by atoms with Gasteiger partial charge in [0.05, 0.1) is 6.04 Å². The smallest absolute Gasteiger partial charge is 0.205 e. The fraction of sp³-hybridized carbons (Fsp3) is 0.300. The first-order valence-electron chi connectivity index (χ1n) is 4.62. The highest BCUT2D eigenvalue weighted by Gasteiger charge is 2.06. The van der Waals surface area contributed by atoms with E-state index in [1.807, 2.05) is 31.2 Å². The summed E-state index contributed by atoms with van der Waals surface area (Å²) in [5, 5.41) is 3.15. The van der Waals surface area contributed by atoms with Crippen LogP contribution in [0.25, 0.3) is 0 Å². The van der Waals surface area contributed by atoms with E-state index in [0.717, 1.165) is 4.47 Å². The first-order chi connectivity index (χ1) is 7.17. The van der Waals surface area contributed by atoms with Gasteiger partial charge in [-0.3, -0.25) is 10.4 Å². The minimum Gasteiger partial charge on any atom is -0.349 e. The van der Waals surface area contributed by atoms with Crippen molar-refractivity contribution in [3.05, 3.63) is 34.3 Å². The van der Waals surface area contributed by atoms with Crippen LogP contribution in [-0.2, 0) is 0 Å². The highest BCUT2D eigenvalue weighted by molar-refractivity contribution is 9.10. The molecule has 82 valence electrons. The van der Waals surface area contributed by atoms with Crippen LogP contribution in [0.15, 0.2) is 33.7 Å². The molecule has 0 saturated carbocycles. The minimum absolute atomic E-state index is 0.160. The molecule has 0 aliphatic carbocycles. The summed E-state index contributed by atoms with van der Waals surface area (Å²) in [6.45, 7) is 2.05. The van der Waals surface area contributed by atoms with Crippen molar-refractivity contribution in [1.82, 2.24) is 10.7 Å². The van der Waals surface area contributed by atoms with Gasteiger partial charge in [-0.2, -0.15) is 0 Å². The molecule has 0 radical (unpaired) electrons. The number of guanidine groups is 1. The Labute approximate surface area is 98.1 Å². The SMILES string of the molecule is CN=C(NN)NC(C)c1ccc(Br)cc1. The fourth-order valence-corrected chi connectivity index (χ4v) is 1.47. The molecule has 0 spiro atoms. The molecule has 1 atom stereocenters. The van der Waals surface area contributed by atoms with Gasteiger partial charge in [-0.1, -0.05) is 28.1 Å². The summed E-state index contributed by atoms with van der Waals surface area (Å²) in [5.41, 5.74) is 3.67. The molecule has 4 N–H and O–H groups in total. The van der Waals surface area contributed by atoms with Crippen molar-refractivity contribution < 1.29 is 0 Å². The molecular formula is C10H15BrN4. The first-order valence-corrected chi connectivity index (χ1v) is 5.42. The lowest BCUT2D eigenvalue weighted by Crippen LogP contribution is -2.42. The van der Waals surface area contributed by atoms with E-state index in [-0.39, 0.29) is 6.04 Å². The van der Waals surface area contributed by atoms with Gasteiger partial charge in [0.25, 0.3) is 0 Å². The lowest BCUT2D eigenvalue weighted by Gasteiger charge is -2.16. The largest absolute Gasteiger partial charge is 0.349 e. The van der Waals surface area contributed by atoms with Gasteiger partial charge in [-0.25, -0.2) is 5.84 Å². The molecule has 1 aromatic rings. The number of nitrogens with zero attached hydrogens (tertiary/aromatic N) is 1. The summed E-state index contributed by atoms with van der Waals surface area (Å²) in [5.74, 6) is 5.86. The molecule has 0 fully saturated rings. The summed E-state index contributed by atoms with van der Waals surface area (Å²) < 4.78 is 1.07. The molecule has 0 aliphatic heterocycles. The highest BCUT2D eigenvalue weighted by atomic mass is 79.9. The normalized spacial score (nSPS) is 13.5. The molecule has 0 aromatic heterocycles. The molecule has 1 rings (SSSR count). The van der Waals surface area contributed by atoms with Crippen molar-refractivity contribution in [3.8, 4) is 0 Å². The topological polar surface area (TPSA) is 62.4 Å². The number of nitrogens with one attached hydrogen (secondary N) is 2. The van der Waals surface area contributed by atoms with Crippen LogP contribution in [0, 0.1) is 0 Å². The summed E-state index contributed by atoms with van der Waals surface area (Å²) in [6.07, 6.45) is 0. The van der Waals surface area contributed by atoms with Gasteiger partial charge in [0.2, 0.25) is 5.96 Å². The molecule has 5 heteroatoms. The summed E-state index contributed by atoms with van der Waals surface area (Å²) >= 11 is 3.40. The van der Waals surface area contributed by atoms with E-state index in [1.54, 1.807) is 7.05 Å². The number of rotatable bonds is 2. The second-order valence-corrected chi connectivity index (χ2v) is 4.05. The van der Waals surface area contributed by atoms with E-state index in [2.05, 4.69) is 31.7 Å². The van der Waals surface area contributed by atoms with Crippen molar-refractivity contribution in [2.24, 2.45) is 10.8 Å². The van der Waals surface area contributed by atoms with E-state index < -0.39 is 0 Å². The molecule has 1 aromatic carbocycles. The van der Waals surface area contributed by atoms with Gasteiger partial charge in [-0.15, -0.1) is 0 Å². The fourth-order valence-electron chi connectivity index (χ4n) is 1.21. The number of benzene rings is 1. The van der Waals surface area contributed by atoms with Crippen molar-refractivity contribution in [2.45, 2.75) is 13.0 Å². The maximum Gasteiger partial charge on any atom is 0.205 e. The zero-order chi connectivity index (χ0) is 11.3. The Morgan fingerprint density at radius 3 is 2.47 bits per heavy atom. The molecule has 0 bridgehead atoms. The summed E-state index contributed by atoms with van der Waals surface area (Å²) in [7, 11) is 1.68. The second kappa shape index (κ2) is 5.72. The van der Waals surface area contributed by atoms with E-state index >= 15 is 0 Å². The zero-order valence-electron chi connectivity index (χ0n) is 8.79. The van der Waals surface area contributed by atoms with Crippen LogP contribution in [0.1, 0.15) is 18.5 Å². The van der Waals surface area contributed by atoms with Crippen molar-refractivity contribution in [1.29, 1.82) is 0 Å². The van der Waals surface area contributed by atoms with E-state index in [0.29, 0.717) is 5.96 Å². The molecule has 0 aliphatic rings. The van der Waals surface area contributed by atoms with Crippen LogP contribution < -0.4 is 16.6 Å². The standard InChI is InChI=1S/C10H15BrN4/c1-7(14-10(13-2)15-12)8-3-5-9(11)6-4-8/h3-7H,12H2,1-2H3,(H2,13,14,15). The third-order valence-electron chi connectivity index (χ3n) is 2.08. The maximum atomic E-state index is 5.28.